The van der Waals surface area contributed by atoms with E-state index in [0.29, 0.717) is 5.56 Å². The summed E-state index contributed by atoms with van der Waals surface area (Å²) in [6, 6.07) is 5.34. The predicted octanol–water partition coefficient (Wildman–Crippen LogP) is 4.39. The van der Waals surface area contributed by atoms with Crippen molar-refractivity contribution in [3.63, 3.8) is 0 Å². The lowest BCUT2D eigenvalue weighted by molar-refractivity contribution is -0.137. The Balaban J connectivity index is 2.19. The molecule has 0 fully saturated rings. The number of pyridine rings is 1. The molecule has 0 aliphatic rings. The Hall–Kier alpha value is -3.43. The van der Waals surface area contributed by atoms with Crippen molar-refractivity contribution in [2.24, 2.45) is 0 Å². The summed E-state index contributed by atoms with van der Waals surface area (Å²) in [6.45, 7) is 1.61. The minimum atomic E-state index is -4.61. The SMILES string of the molecule is COc1ncc(F)cc1-c1ccc(C(F)(F)F)cc1Oc1nnc(N)cc1C. The van der Waals surface area contributed by atoms with Crippen LogP contribution in [0.2, 0.25) is 0 Å². The Kier molecular flexibility index (Phi) is 5.04. The second-order valence-corrected chi connectivity index (χ2v) is 5.78. The minimum absolute atomic E-state index is 0.0196. The van der Waals surface area contributed by atoms with Crippen molar-refractivity contribution in [3.05, 3.63) is 53.5 Å². The van der Waals surface area contributed by atoms with Crippen LogP contribution in [-0.4, -0.2) is 22.3 Å². The fraction of sp³-hybridized carbons (Fsp3) is 0.167. The number of alkyl halides is 3. The molecule has 2 heterocycles. The summed E-state index contributed by atoms with van der Waals surface area (Å²) >= 11 is 0. The predicted molar refractivity (Wildman–Crippen MR) is 92.4 cm³/mol. The molecule has 1 aromatic carbocycles. The van der Waals surface area contributed by atoms with Crippen LogP contribution in [0.15, 0.2) is 36.5 Å². The van der Waals surface area contributed by atoms with Crippen LogP contribution in [0.5, 0.6) is 17.5 Å². The van der Waals surface area contributed by atoms with Gasteiger partial charge in [-0.1, -0.05) is 0 Å². The zero-order valence-corrected chi connectivity index (χ0v) is 14.7. The molecule has 0 unspecified atom stereocenters. The zero-order valence-electron chi connectivity index (χ0n) is 14.7. The van der Waals surface area contributed by atoms with Gasteiger partial charge in [-0.2, -0.15) is 13.2 Å². The number of nitrogens with two attached hydrogens (primary N) is 1. The maximum Gasteiger partial charge on any atom is 0.416 e. The van der Waals surface area contributed by atoms with Crippen molar-refractivity contribution in [2.75, 3.05) is 12.8 Å². The van der Waals surface area contributed by atoms with Gasteiger partial charge in [0.15, 0.2) is 0 Å². The second-order valence-electron chi connectivity index (χ2n) is 5.78. The van der Waals surface area contributed by atoms with Gasteiger partial charge in [-0.05, 0) is 37.3 Å². The Morgan fingerprint density at radius 2 is 1.75 bits per heavy atom. The molecule has 0 saturated heterocycles. The molecule has 0 spiro atoms. The summed E-state index contributed by atoms with van der Waals surface area (Å²) in [5.41, 5.74) is 5.30. The second kappa shape index (κ2) is 7.29. The third kappa shape index (κ3) is 3.95. The first-order valence-electron chi connectivity index (χ1n) is 7.88. The number of aryl methyl sites for hydroxylation is 1. The third-order valence-corrected chi connectivity index (χ3v) is 3.77. The lowest BCUT2D eigenvalue weighted by Gasteiger charge is -2.16. The Labute approximate surface area is 156 Å². The van der Waals surface area contributed by atoms with E-state index in [1.165, 1.54) is 13.2 Å². The summed E-state index contributed by atoms with van der Waals surface area (Å²) in [5.74, 6) is -0.804. The molecular weight excluding hydrogens is 380 g/mol. The molecule has 10 heteroatoms. The molecule has 0 amide bonds. The van der Waals surface area contributed by atoms with Gasteiger partial charge >= 0.3 is 6.18 Å². The van der Waals surface area contributed by atoms with Gasteiger partial charge in [0.2, 0.25) is 11.8 Å². The van der Waals surface area contributed by atoms with Gasteiger partial charge in [0, 0.05) is 11.1 Å². The fourth-order valence-electron chi connectivity index (χ4n) is 2.49. The Bertz CT molecular complexity index is 1020. The van der Waals surface area contributed by atoms with Gasteiger partial charge in [-0.25, -0.2) is 9.37 Å². The molecule has 28 heavy (non-hydrogen) atoms. The Morgan fingerprint density at radius 1 is 1.00 bits per heavy atom. The molecule has 0 aliphatic heterocycles. The van der Waals surface area contributed by atoms with E-state index in [2.05, 4.69) is 15.2 Å². The number of anilines is 1. The van der Waals surface area contributed by atoms with Crippen molar-refractivity contribution in [1.29, 1.82) is 0 Å². The Morgan fingerprint density at radius 3 is 2.39 bits per heavy atom. The van der Waals surface area contributed by atoms with Crippen molar-refractivity contribution in [2.45, 2.75) is 13.1 Å². The maximum absolute atomic E-state index is 13.7. The normalized spacial score (nSPS) is 11.4. The smallest absolute Gasteiger partial charge is 0.416 e. The van der Waals surface area contributed by atoms with Crippen molar-refractivity contribution in [3.8, 4) is 28.6 Å². The van der Waals surface area contributed by atoms with Crippen molar-refractivity contribution >= 4 is 5.82 Å². The monoisotopic (exact) mass is 394 g/mol. The van der Waals surface area contributed by atoms with E-state index in [4.69, 9.17) is 15.2 Å². The van der Waals surface area contributed by atoms with Crippen LogP contribution >= 0.6 is 0 Å². The lowest BCUT2D eigenvalue weighted by atomic mass is 10.0. The largest absolute Gasteiger partial charge is 0.481 e. The number of hydrogen-bond donors (Lipinski definition) is 1. The number of nitrogens with zero attached hydrogens (tertiary/aromatic N) is 3. The first kappa shape index (κ1) is 19.3. The van der Waals surface area contributed by atoms with Crippen LogP contribution in [0.4, 0.5) is 23.4 Å². The molecule has 0 aliphatic carbocycles. The highest BCUT2D eigenvalue weighted by Gasteiger charge is 2.32. The molecular formula is C18H14F4N4O2. The van der Waals surface area contributed by atoms with Gasteiger partial charge in [-0.15, -0.1) is 10.2 Å². The van der Waals surface area contributed by atoms with Crippen molar-refractivity contribution in [1.82, 2.24) is 15.2 Å². The summed E-state index contributed by atoms with van der Waals surface area (Å²) < 4.78 is 64.0. The highest BCUT2D eigenvalue weighted by atomic mass is 19.4. The number of aromatic nitrogens is 3. The van der Waals surface area contributed by atoms with E-state index in [-0.39, 0.29) is 34.5 Å². The highest BCUT2D eigenvalue weighted by Crippen LogP contribution is 2.41. The summed E-state index contributed by atoms with van der Waals surface area (Å²) in [4.78, 5) is 3.80. The maximum atomic E-state index is 13.7. The van der Waals surface area contributed by atoms with Crippen LogP contribution in [0, 0.1) is 12.7 Å². The van der Waals surface area contributed by atoms with E-state index >= 15 is 0 Å². The molecule has 0 atom stereocenters. The van der Waals surface area contributed by atoms with Crippen LogP contribution in [-0.2, 0) is 6.18 Å². The van der Waals surface area contributed by atoms with Crippen LogP contribution in [0.1, 0.15) is 11.1 Å². The topological polar surface area (TPSA) is 83.2 Å². The van der Waals surface area contributed by atoms with E-state index in [9.17, 15) is 17.6 Å². The average Bonchev–Trinajstić information content (AvgIpc) is 2.63. The van der Waals surface area contributed by atoms with E-state index in [1.807, 2.05) is 0 Å². The van der Waals surface area contributed by atoms with Crippen LogP contribution in [0.3, 0.4) is 0 Å². The van der Waals surface area contributed by atoms with Crippen LogP contribution in [0.25, 0.3) is 11.1 Å². The number of halogens is 4. The number of nitrogen functional groups attached to an aromatic ring is 1. The average molecular weight is 394 g/mol. The van der Waals surface area contributed by atoms with E-state index in [0.717, 1.165) is 30.5 Å². The highest BCUT2D eigenvalue weighted by molar-refractivity contribution is 5.75. The molecule has 3 aromatic rings. The summed E-state index contributed by atoms with van der Waals surface area (Å²) in [5, 5.41) is 7.40. The molecule has 0 radical (unpaired) electrons. The van der Waals surface area contributed by atoms with Crippen LogP contribution < -0.4 is 15.2 Å². The van der Waals surface area contributed by atoms with Gasteiger partial charge in [0.25, 0.3) is 0 Å². The lowest BCUT2D eigenvalue weighted by Crippen LogP contribution is -2.06. The first-order chi connectivity index (χ1) is 13.2. The van der Waals surface area contributed by atoms with E-state index in [1.54, 1.807) is 6.92 Å². The minimum Gasteiger partial charge on any atom is -0.481 e. The number of hydrogen-bond acceptors (Lipinski definition) is 6. The van der Waals surface area contributed by atoms with Gasteiger partial charge in [0.05, 0.1) is 24.4 Å². The standard InChI is InChI=1S/C18H14F4N4O2/c1-9-5-15(23)25-26-16(9)28-14-6-10(18(20,21)22)3-4-12(14)13-7-11(19)8-24-17(13)27-2/h3-8H,1-2H3,(H2,23,25). The molecule has 146 valence electrons. The number of benzene rings is 1. The molecule has 3 rings (SSSR count). The fourth-order valence-corrected chi connectivity index (χ4v) is 2.49. The zero-order chi connectivity index (χ0) is 20.5. The van der Waals surface area contributed by atoms with Gasteiger partial charge < -0.3 is 15.2 Å². The van der Waals surface area contributed by atoms with E-state index < -0.39 is 17.6 Å². The number of ether oxygens (including phenoxy) is 2. The van der Waals surface area contributed by atoms with Gasteiger partial charge in [0.1, 0.15) is 17.4 Å². The molecule has 6 nitrogen and oxygen atoms in total. The molecule has 2 aromatic heterocycles. The third-order valence-electron chi connectivity index (χ3n) is 3.77. The van der Waals surface area contributed by atoms with Crippen molar-refractivity contribution < 1.29 is 27.0 Å². The first-order valence-corrected chi connectivity index (χ1v) is 7.88. The molecule has 0 saturated carbocycles. The summed E-state index contributed by atoms with van der Waals surface area (Å²) in [6.07, 6.45) is -3.68. The molecule has 0 bridgehead atoms. The molecule has 2 N–H and O–H groups in total. The number of rotatable bonds is 4. The number of methoxy groups -OCH3 is 1. The van der Waals surface area contributed by atoms with Gasteiger partial charge in [-0.3, -0.25) is 0 Å². The summed E-state index contributed by atoms with van der Waals surface area (Å²) in [7, 11) is 1.31. The quantitative estimate of drug-likeness (QED) is 0.661.